The Morgan fingerprint density at radius 2 is 2.31 bits per heavy atom. The third-order valence-corrected chi connectivity index (χ3v) is 3.80. The second-order valence-electron chi connectivity index (χ2n) is 4.21. The van der Waals surface area contributed by atoms with E-state index in [1.807, 2.05) is 12.1 Å². The predicted molar refractivity (Wildman–Crippen MR) is 76.1 cm³/mol. The molecule has 1 fully saturated rings. The lowest BCUT2D eigenvalue weighted by atomic mass is 10.1. The van der Waals surface area contributed by atoms with Gasteiger partial charge in [0.2, 0.25) is 0 Å². The van der Waals surface area contributed by atoms with Crippen molar-refractivity contribution in [2.75, 3.05) is 11.4 Å². The number of benzene rings is 1. The van der Waals surface area contributed by atoms with E-state index in [1.54, 1.807) is 0 Å². The first-order chi connectivity index (χ1) is 7.59. The molecule has 1 aromatic rings. The smallest absolute Gasteiger partial charge is 0.106 e. The van der Waals surface area contributed by atoms with Crippen molar-refractivity contribution in [1.29, 1.82) is 0 Å². The van der Waals surface area contributed by atoms with Gasteiger partial charge < -0.3 is 10.6 Å². The van der Waals surface area contributed by atoms with Crippen molar-refractivity contribution in [3.63, 3.8) is 0 Å². The number of halogens is 1. The molecule has 0 aromatic heterocycles. The molecule has 0 saturated carbocycles. The van der Waals surface area contributed by atoms with E-state index in [0.717, 1.165) is 22.3 Å². The van der Waals surface area contributed by atoms with E-state index >= 15 is 0 Å². The van der Waals surface area contributed by atoms with Gasteiger partial charge in [-0.05, 0) is 38.0 Å². The maximum atomic E-state index is 5.77. The van der Waals surface area contributed by atoms with Crippen molar-refractivity contribution < 1.29 is 0 Å². The molecule has 1 aliphatic heterocycles. The lowest BCUT2D eigenvalue weighted by molar-refractivity contribution is 0.734. The summed E-state index contributed by atoms with van der Waals surface area (Å²) in [5.74, 6) is 0. The second-order valence-corrected chi connectivity index (χ2v) is 5.57. The van der Waals surface area contributed by atoms with Crippen LogP contribution in [0.2, 0.25) is 0 Å². The fourth-order valence-corrected chi connectivity index (χ4v) is 2.76. The van der Waals surface area contributed by atoms with Gasteiger partial charge in [-0.25, -0.2) is 0 Å². The van der Waals surface area contributed by atoms with Crippen LogP contribution in [0.25, 0.3) is 0 Å². The largest absolute Gasteiger partial charge is 0.389 e. The van der Waals surface area contributed by atoms with Gasteiger partial charge in [0.05, 0.1) is 0 Å². The monoisotopic (exact) mass is 298 g/mol. The number of hydrogen-bond acceptors (Lipinski definition) is 2. The van der Waals surface area contributed by atoms with Gasteiger partial charge in [-0.2, -0.15) is 0 Å². The maximum absolute atomic E-state index is 5.77. The minimum Gasteiger partial charge on any atom is -0.389 e. The molecule has 1 atom stereocenters. The molecule has 1 heterocycles. The number of thiocarbonyl (C=S) groups is 1. The van der Waals surface area contributed by atoms with Gasteiger partial charge in [-0.1, -0.05) is 28.1 Å². The van der Waals surface area contributed by atoms with Gasteiger partial charge in [0.1, 0.15) is 4.99 Å². The van der Waals surface area contributed by atoms with Crippen LogP contribution in [0.3, 0.4) is 0 Å². The number of rotatable bonds is 2. The Balaban J connectivity index is 2.44. The molecule has 2 rings (SSSR count). The topological polar surface area (TPSA) is 29.3 Å². The van der Waals surface area contributed by atoms with Gasteiger partial charge in [0.25, 0.3) is 0 Å². The molecule has 86 valence electrons. The Bertz CT molecular complexity index is 419. The SMILES string of the molecule is CC1CCCN1c1cc(Br)ccc1C(N)=S. The highest BCUT2D eigenvalue weighted by Gasteiger charge is 2.23. The standard InChI is InChI=1S/C12H15BrN2S/c1-8-3-2-6-15(8)11-7-9(13)4-5-10(11)12(14)16/h4-5,7-8H,2-3,6H2,1H3,(H2,14,16). The fraction of sp³-hybridized carbons (Fsp3) is 0.417. The minimum absolute atomic E-state index is 0.474. The fourth-order valence-electron chi connectivity index (χ4n) is 2.24. The summed E-state index contributed by atoms with van der Waals surface area (Å²) in [6, 6.07) is 6.66. The molecular weight excluding hydrogens is 284 g/mol. The van der Waals surface area contributed by atoms with E-state index in [9.17, 15) is 0 Å². The van der Waals surface area contributed by atoms with Crippen LogP contribution in [0.4, 0.5) is 5.69 Å². The van der Waals surface area contributed by atoms with Crippen LogP contribution in [-0.2, 0) is 0 Å². The first-order valence-corrected chi connectivity index (χ1v) is 6.65. The molecule has 1 unspecified atom stereocenters. The van der Waals surface area contributed by atoms with Crippen LogP contribution in [0.1, 0.15) is 25.3 Å². The number of nitrogens with zero attached hydrogens (tertiary/aromatic N) is 1. The molecule has 0 radical (unpaired) electrons. The third-order valence-electron chi connectivity index (χ3n) is 3.09. The summed E-state index contributed by atoms with van der Waals surface area (Å²) >= 11 is 8.60. The molecular formula is C12H15BrN2S. The van der Waals surface area contributed by atoms with Crippen molar-refractivity contribution in [2.24, 2.45) is 5.73 Å². The van der Waals surface area contributed by atoms with Crippen molar-refractivity contribution in [3.05, 3.63) is 28.2 Å². The van der Waals surface area contributed by atoms with Crippen molar-refractivity contribution >= 4 is 38.8 Å². The molecule has 0 amide bonds. The quantitative estimate of drug-likeness (QED) is 0.851. The molecule has 0 spiro atoms. The van der Waals surface area contributed by atoms with Gasteiger partial charge in [0.15, 0.2) is 0 Å². The molecule has 2 N–H and O–H groups in total. The Kier molecular flexibility index (Phi) is 3.50. The molecule has 0 bridgehead atoms. The van der Waals surface area contributed by atoms with E-state index in [1.165, 1.54) is 12.8 Å². The van der Waals surface area contributed by atoms with Crippen molar-refractivity contribution in [2.45, 2.75) is 25.8 Å². The van der Waals surface area contributed by atoms with E-state index in [0.29, 0.717) is 11.0 Å². The van der Waals surface area contributed by atoms with Gasteiger partial charge in [-0.15, -0.1) is 0 Å². The summed E-state index contributed by atoms with van der Waals surface area (Å²) in [5, 5.41) is 0. The van der Waals surface area contributed by atoms with E-state index in [4.69, 9.17) is 18.0 Å². The summed E-state index contributed by atoms with van der Waals surface area (Å²) in [6.07, 6.45) is 2.48. The molecule has 1 saturated heterocycles. The number of nitrogens with two attached hydrogens (primary N) is 1. The zero-order valence-corrected chi connectivity index (χ0v) is 11.6. The summed E-state index contributed by atoms with van der Waals surface area (Å²) in [7, 11) is 0. The first-order valence-electron chi connectivity index (χ1n) is 5.45. The van der Waals surface area contributed by atoms with Crippen molar-refractivity contribution in [3.8, 4) is 0 Å². The number of hydrogen-bond donors (Lipinski definition) is 1. The van der Waals surface area contributed by atoms with E-state index in [2.05, 4.69) is 33.8 Å². The van der Waals surface area contributed by atoms with E-state index < -0.39 is 0 Å². The lowest BCUT2D eigenvalue weighted by Gasteiger charge is -2.26. The molecule has 4 heteroatoms. The minimum atomic E-state index is 0.474. The Hall–Kier alpha value is -0.610. The zero-order valence-electron chi connectivity index (χ0n) is 9.24. The first kappa shape index (κ1) is 11.9. The summed E-state index contributed by atoms with van der Waals surface area (Å²) in [4.78, 5) is 2.86. The Labute approximate surface area is 110 Å². The zero-order chi connectivity index (χ0) is 11.7. The van der Waals surface area contributed by atoms with Gasteiger partial charge in [0, 0.05) is 28.3 Å². The lowest BCUT2D eigenvalue weighted by Crippen LogP contribution is -2.28. The molecule has 16 heavy (non-hydrogen) atoms. The average molecular weight is 299 g/mol. The summed E-state index contributed by atoms with van der Waals surface area (Å²) < 4.78 is 1.07. The number of anilines is 1. The van der Waals surface area contributed by atoms with Crippen LogP contribution >= 0.6 is 28.1 Å². The summed E-state index contributed by atoms with van der Waals surface area (Å²) in [5.41, 5.74) is 7.90. The van der Waals surface area contributed by atoms with Crippen LogP contribution in [0, 0.1) is 0 Å². The average Bonchev–Trinajstić information content (AvgIpc) is 2.63. The predicted octanol–water partition coefficient (Wildman–Crippen LogP) is 3.07. The Morgan fingerprint density at radius 1 is 1.56 bits per heavy atom. The summed E-state index contributed by atoms with van der Waals surface area (Å²) in [6.45, 7) is 3.34. The molecule has 2 nitrogen and oxygen atoms in total. The van der Waals surface area contributed by atoms with Crippen molar-refractivity contribution in [1.82, 2.24) is 0 Å². The highest BCUT2D eigenvalue weighted by atomic mass is 79.9. The maximum Gasteiger partial charge on any atom is 0.106 e. The van der Waals surface area contributed by atoms with Crippen LogP contribution in [-0.4, -0.2) is 17.6 Å². The van der Waals surface area contributed by atoms with Crippen LogP contribution < -0.4 is 10.6 Å². The Morgan fingerprint density at radius 3 is 2.88 bits per heavy atom. The van der Waals surface area contributed by atoms with Gasteiger partial charge in [-0.3, -0.25) is 0 Å². The second kappa shape index (κ2) is 4.72. The van der Waals surface area contributed by atoms with Crippen LogP contribution in [0.5, 0.6) is 0 Å². The molecule has 0 aliphatic carbocycles. The highest BCUT2D eigenvalue weighted by Crippen LogP contribution is 2.31. The highest BCUT2D eigenvalue weighted by molar-refractivity contribution is 9.10. The van der Waals surface area contributed by atoms with Gasteiger partial charge >= 0.3 is 0 Å². The normalized spacial score (nSPS) is 20.1. The third kappa shape index (κ3) is 2.23. The van der Waals surface area contributed by atoms with Crippen LogP contribution in [0.15, 0.2) is 22.7 Å². The molecule has 1 aromatic carbocycles. The van der Waals surface area contributed by atoms with E-state index in [-0.39, 0.29) is 0 Å². The molecule has 1 aliphatic rings.